The zero-order chi connectivity index (χ0) is 20.5. The third kappa shape index (κ3) is 5.79. The number of rotatable bonds is 5. The van der Waals surface area contributed by atoms with Gasteiger partial charge in [0.2, 0.25) is 5.91 Å². The van der Waals surface area contributed by atoms with Gasteiger partial charge in [0.1, 0.15) is 5.75 Å². The fourth-order valence-electron chi connectivity index (χ4n) is 3.55. The molecule has 1 aliphatic rings. The lowest BCUT2D eigenvalue weighted by atomic mass is 9.92. The van der Waals surface area contributed by atoms with Crippen LogP contribution in [0.1, 0.15) is 51.1 Å². The first kappa shape index (κ1) is 21.4. The predicted molar refractivity (Wildman–Crippen MR) is 106 cm³/mol. The zero-order valence-corrected chi connectivity index (χ0v) is 16.4. The molecule has 3 N–H and O–H groups in total. The monoisotopic (exact) mass is 385 g/mol. The maximum Gasteiger partial charge on any atom is 0.373 e. The number of amides is 1. The summed E-state index contributed by atoms with van der Waals surface area (Å²) in [6.45, 7) is 3.97. The zero-order valence-electron chi connectivity index (χ0n) is 16.4. The SMILES string of the molecule is CCCC(=O)NC1CCC(Oc2cccc3nc(C)cc(N)c23)CC1.O=C=O. The van der Waals surface area contributed by atoms with E-state index in [9.17, 15) is 4.79 Å². The maximum absolute atomic E-state index is 11.7. The summed E-state index contributed by atoms with van der Waals surface area (Å²) in [7, 11) is 0. The number of aromatic nitrogens is 1. The third-order valence-corrected chi connectivity index (χ3v) is 4.76. The molecule has 1 aromatic carbocycles. The molecule has 1 fully saturated rings. The quantitative estimate of drug-likeness (QED) is 0.818. The highest BCUT2D eigenvalue weighted by Crippen LogP contribution is 2.33. The van der Waals surface area contributed by atoms with E-state index in [1.54, 1.807) is 0 Å². The number of ether oxygens (including phenoxy) is 1. The van der Waals surface area contributed by atoms with Gasteiger partial charge >= 0.3 is 6.15 Å². The molecule has 0 aliphatic heterocycles. The number of nitrogens with one attached hydrogen (secondary N) is 1. The molecule has 1 aliphatic carbocycles. The Morgan fingerprint density at radius 1 is 1.29 bits per heavy atom. The average Bonchev–Trinajstić information content (AvgIpc) is 2.64. The molecule has 1 aromatic heterocycles. The number of anilines is 1. The number of nitrogens with zero attached hydrogens (tertiary/aromatic N) is 1. The number of hydrogen-bond donors (Lipinski definition) is 2. The van der Waals surface area contributed by atoms with Gasteiger partial charge in [-0.3, -0.25) is 9.78 Å². The van der Waals surface area contributed by atoms with Gasteiger partial charge in [-0.15, -0.1) is 0 Å². The fourth-order valence-corrected chi connectivity index (χ4v) is 3.55. The first-order valence-electron chi connectivity index (χ1n) is 9.59. The molecule has 3 rings (SSSR count). The Balaban J connectivity index is 0.000000878. The predicted octanol–water partition coefficient (Wildman–Crippen LogP) is 3.15. The van der Waals surface area contributed by atoms with E-state index in [-0.39, 0.29) is 24.2 Å². The summed E-state index contributed by atoms with van der Waals surface area (Å²) < 4.78 is 6.26. The average molecular weight is 385 g/mol. The number of nitrogen functional groups attached to an aromatic ring is 1. The van der Waals surface area contributed by atoms with Crippen LogP contribution in [0.2, 0.25) is 0 Å². The summed E-state index contributed by atoms with van der Waals surface area (Å²) in [5.74, 6) is 0.969. The van der Waals surface area contributed by atoms with Crippen molar-refractivity contribution in [2.45, 2.75) is 64.5 Å². The number of pyridine rings is 1. The second-order valence-electron chi connectivity index (χ2n) is 7.00. The van der Waals surface area contributed by atoms with Crippen molar-refractivity contribution in [3.05, 3.63) is 30.0 Å². The summed E-state index contributed by atoms with van der Waals surface area (Å²) in [4.78, 5) is 32.5. The molecule has 1 saturated carbocycles. The van der Waals surface area contributed by atoms with E-state index < -0.39 is 0 Å². The van der Waals surface area contributed by atoms with Crippen LogP contribution in [0, 0.1) is 6.92 Å². The normalized spacial score (nSPS) is 18.5. The molecule has 7 nitrogen and oxygen atoms in total. The smallest absolute Gasteiger partial charge is 0.373 e. The van der Waals surface area contributed by atoms with Crippen LogP contribution >= 0.6 is 0 Å². The van der Waals surface area contributed by atoms with E-state index in [2.05, 4.69) is 10.3 Å². The highest BCUT2D eigenvalue weighted by Gasteiger charge is 2.24. The Hall–Kier alpha value is -2.92. The minimum atomic E-state index is 0.158. The van der Waals surface area contributed by atoms with Gasteiger partial charge in [-0.05, 0) is 57.2 Å². The molecular formula is C21H27N3O4. The van der Waals surface area contributed by atoms with Gasteiger partial charge in [0.25, 0.3) is 0 Å². The summed E-state index contributed by atoms with van der Waals surface area (Å²) in [5, 5.41) is 4.02. The van der Waals surface area contributed by atoms with Gasteiger partial charge in [-0.1, -0.05) is 13.0 Å². The van der Waals surface area contributed by atoms with Crippen LogP contribution in [0.5, 0.6) is 5.75 Å². The summed E-state index contributed by atoms with van der Waals surface area (Å²) in [6.07, 6.45) is 5.69. The number of carbonyl (C=O) groups excluding carboxylic acids is 3. The van der Waals surface area contributed by atoms with Crippen molar-refractivity contribution >= 4 is 28.6 Å². The van der Waals surface area contributed by atoms with Crippen LogP contribution in [0.25, 0.3) is 10.9 Å². The van der Waals surface area contributed by atoms with Gasteiger partial charge in [-0.2, -0.15) is 9.59 Å². The Morgan fingerprint density at radius 3 is 2.61 bits per heavy atom. The lowest BCUT2D eigenvalue weighted by molar-refractivity contribution is -0.191. The minimum Gasteiger partial charge on any atom is -0.490 e. The van der Waals surface area contributed by atoms with Gasteiger partial charge in [-0.25, -0.2) is 0 Å². The van der Waals surface area contributed by atoms with Gasteiger partial charge in [0.15, 0.2) is 0 Å². The van der Waals surface area contributed by atoms with Crippen LogP contribution < -0.4 is 15.8 Å². The number of hydrogen-bond acceptors (Lipinski definition) is 6. The van der Waals surface area contributed by atoms with Crippen molar-refractivity contribution in [1.29, 1.82) is 0 Å². The summed E-state index contributed by atoms with van der Waals surface area (Å²) in [6, 6.07) is 8.05. The van der Waals surface area contributed by atoms with Crippen molar-refractivity contribution in [1.82, 2.24) is 10.3 Å². The molecule has 2 aromatic rings. The first-order chi connectivity index (χ1) is 13.5. The molecule has 1 heterocycles. The molecule has 0 atom stereocenters. The molecule has 0 saturated heterocycles. The molecular weight excluding hydrogens is 358 g/mol. The largest absolute Gasteiger partial charge is 0.490 e. The molecule has 0 radical (unpaired) electrons. The standard InChI is InChI=1S/C20H27N3O2.CO2/c1-3-5-19(24)23-14-8-10-15(11-9-14)25-18-7-4-6-17-20(18)16(21)12-13(2)22-17;2-1-3/h4,6-7,12,14-15H,3,5,8-11H2,1-2H3,(H2,21,22)(H,23,24);. The fraction of sp³-hybridized carbons (Fsp3) is 0.476. The van der Waals surface area contributed by atoms with Crippen LogP contribution in [0.3, 0.4) is 0 Å². The van der Waals surface area contributed by atoms with E-state index >= 15 is 0 Å². The van der Waals surface area contributed by atoms with E-state index in [0.29, 0.717) is 12.1 Å². The van der Waals surface area contributed by atoms with Crippen molar-refractivity contribution in [2.24, 2.45) is 0 Å². The highest BCUT2D eigenvalue weighted by atomic mass is 16.5. The Kier molecular flexibility index (Phi) is 7.96. The van der Waals surface area contributed by atoms with Crippen molar-refractivity contribution in [3.8, 4) is 5.75 Å². The number of fused-ring (bicyclic) bond motifs is 1. The summed E-state index contributed by atoms with van der Waals surface area (Å²) >= 11 is 0. The second-order valence-corrected chi connectivity index (χ2v) is 7.00. The Bertz CT molecular complexity index is 839. The van der Waals surface area contributed by atoms with Gasteiger partial charge in [0, 0.05) is 23.8 Å². The van der Waals surface area contributed by atoms with Crippen LogP contribution in [0.15, 0.2) is 24.3 Å². The second kappa shape index (κ2) is 10.4. The van der Waals surface area contributed by atoms with Crippen molar-refractivity contribution in [3.63, 3.8) is 0 Å². The summed E-state index contributed by atoms with van der Waals surface area (Å²) in [5.41, 5.74) is 8.69. The Labute approximate surface area is 164 Å². The van der Waals surface area contributed by atoms with E-state index in [1.165, 1.54) is 0 Å². The Morgan fingerprint density at radius 2 is 1.96 bits per heavy atom. The number of aryl methyl sites for hydroxylation is 1. The van der Waals surface area contributed by atoms with Crippen LogP contribution in [-0.2, 0) is 14.4 Å². The molecule has 0 unspecified atom stereocenters. The number of carbonyl (C=O) groups is 1. The molecule has 28 heavy (non-hydrogen) atoms. The van der Waals surface area contributed by atoms with Gasteiger partial charge in [0.05, 0.1) is 17.0 Å². The third-order valence-electron chi connectivity index (χ3n) is 4.76. The van der Waals surface area contributed by atoms with Gasteiger partial charge < -0.3 is 15.8 Å². The van der Waals surface area contributed by atoms with E-state index in [0.717, 1.165) is 54.5 Å². The molecule has 0 bridgehead atoms. The van der Waals surface area contributed by atoms with Crippen LogP contribution in [0.4, 0.5) is 5.69 Å². The number of benzene rings is 1. The lowest BCUT2D eigenvalue weighted by Gasteiger charge is -2.30. The molecule has 0 spiro atoms. The highest BCUT2D eigenvalue weighted by molar-refractivity contribution is 5.95. The number of nitrogens with two attached hydrogens (primary N) is 1. The molecule has 150 valence electrons. The topological polar surface area (TPSA) is 111 Å². The minimum absolute atomic E-state index is 0.158. The van der Waals surface area contributed by atoms with E-state index in [4.69, 9.17) is 20.1 Å². The van der Waals surface area contributed by atoms with Crippen molar-refractivity contribution < 1.29 is 19.1 Å². The van der Waals surface area contributed by atoms with E-state index in [1.807, 2.05) is 38.1 Å². The lowest BCUT2D eigenvalue weighted by Crippen LogP contribution is -2.39. The molecule has 1 amide bonds. The first-order valence-corrected chi connectivity index (χ1v) is 9.59. The van der Waals surface area contributed by atoms with Crippen LogP contribution in [-0.4, -0.2) is 29.2 Å². The molecule has 7 heteroatoms. The maximum atomic E-state index is 11.7. The van der Waals surface area contributed by atoms with Crippen molar-refractivity contribution in [2.75, 3.05) is 5.73 Å².